The summed E-state index contributed by atoms with van der Waals surface area (Å²) in [6.45, 7) is 0. The minimum Gasteiger partial charge on any atom is -0.507 e. The minimum absolute atomic E-state index is 0.240. The second kappa shape index (κ2) is 4.55. The maximum Gasteiger partial charge on any atom is 0.129 e. The molecule has 4 heteroatoms. The van der Waals surface area contributed by atoms with E-state index in [0.717, 1.165) is 4.90 Å². The van der Waals surface area contributed by atoms with E-state index in [1.54, 1.807) is 30.5 Å². The lowest BCUT2D eigenvalue weighted by atomic mass is 10.3. The quantitative estimate of drug-likeness (QED) is 0.867. The number of phenolic OH excluding ortho intramolecular Hbond substituents is 1. The van der Waals surface area contributed by atoms with E-state index < -0.39 is 0 Å². The van der Waals surface area contributed by atoms with Crippen molar-refractivity contribution in [3.8, 4) is 5.75 Å². The van der Waals surface area contributed by atoms with E-state index in [9.17, 15) is 5.11 Å². The lowest BCUT2D eigenvalue weighted by molar-refractivity contribution is 0.462. The maximum atomic E-state index is 9.57. The molecule has 1 heterocycles. The van der Waals surface area contributed by atoms with E-state index in [-0.39, 0.29) is 5.75 Å². The fourth-order valence-corrected chi connectivity index (χ4v) is 2.14. The van der Waals surface area contributed by atoms with Crippen molar-refractivity contribution in [2.75, 3.05) is 0 Å². The molecule has 1 aromatic heterocycles. The zero-order valence-corrected chi connectivity index (χ0v) is 9.29. The van der Waals surface area contributed by atoms with Crippen LogP contribution in [0.2, 0.25) is 5.02 Å². The van der Waals surface area contributed by atoms with Gasteiger partial charge in [0.25, 0.3) is 0 Å². The molecule has 0 aliphatic rings. The SMILES string of the molecule is Oc1ccccc1Sc1ncccc1Cl. The Bertz CT molecular complexity index is 432. The second-order valence-electron chi connectivity index (χ2n) is 2.86. The second-order valence-corrected chi connectivity index (χ2v) is 4.30. The lowest BCUT2D eigenvalue weighted by Gasteiger charge is -2.04. The van der Waals surface area contributed by atoms with Gasteiger partial charge in [0, 0.05) is 6.20 Å². The van der Waals surface area contributed by atoms with Crippen molar-refractivity contribution in [1.82, 2.24) is 4.98 Å². The van der Waals surface area contributed by atoms with Crippen molar-refractivity contribution in [1.29, 1.82) is 0 Å². The summed E-state index contributed by atoms with van der Waals surface area (Å²) >= 11 is 7.31. The summed E-state index contributed by atoms with van der Waals surface area (Å²) in [5, 5.41) is 10.9. The van der Waals surface area contributed by atoms with Crippen LogP contribution in [0.25, 0.3) is 0 Å². The van der Waals surface area contributed by atoms with E-state index in [0.29, 0.717) is 10.0 Å². The topological polar surface area (TPSA) is 33.1 Å². The number of aromatic nitrogens is 1. The fourth-order valence-electron chi connectivity index (χ4n) is 1.09. The summed E-state index contributed by atoms with van der Waals surface area (Å²) in [5.74, 6) is 0.240. The summed E-state index contributed by atoms with van der Waals surface area (Å²) in [5.41, 5.74) is 0. The summed E-state index contributed by atoms with van der Waals surface area (Å²) in [7, 11) is 0. The third-order valence-corrected chi connectivity index (χ3v) is 3.30. The number of hydrogen-bond acceptors (Lipinski definition) is 3. The van der Waals surface area contributed by atoms with E-state index in [1.807, 2.05) is 12.1 Å². The molecule has 2 rings (SSSR count). The zero-order valence-electron chi connectivity index (χ0n) is 7.72. The maximum absolute atomic E-state index is 9.57. The lowest BCUT2D eigenvalue weighted by Crippen LogP contribution is -1.80. The van der Waals surface area contributed by atoms with E-state index >= 15 is 0 Å². The Morgan fingerprint density at radius 1 is 1.13 bits per heavy atom. The molecule has 0 aliphatic carbocycles. The van der Waals surface area contributed by atoms with Crippen LogP contribution in [0.4, 0.5) is 0 Å². The van der Waals surface area contributed by atoms with Gasteiger partial charge in [-0.15, -0.1) is 0 Å². The van der Waals surface area contributed by atoms with Crippen LogP contribution in [0.1, 0.15) is 0 Å². The average molecular weight is 238 g/mol. The number of pyridine rings is 1. The van der Waals surface area contributed by atoms with Crippen molar-refractivity contribution in [2.24, 2.45) is 0 Å². The van der Waals surface area contributed by atoms with Crippen molar-refractivity contribution in [3.05, 3.63) is 47.6 Å². The Morgan fingerprint density at radius 3 is 2.67 bits per heavy atom. The first-order valence-corrected chi connectivity index (χ1v) is 5.53. The standard InChI is InChI=1S/C11H8ClNOS/c12-8-4-3-7-13-11(8)15-10-6-2-1-5-9(10)14/h1-7,14H. The van der Waals surface area contributed by atoms with Crippen LogP contribution in [-0.2, 0) is 0 Å². The predicted octanol–water partition coefficient (Wildman–Crippen LogP) is 3.59. The average Bonchev–Trinajstić information content (AvgIpc) is 2.24. The van der Waals surface area contributed by atoms with Crippen LogP contribution in [-0.4, -0.2) is 10.1 Å². The highest BCUT2D eigenvalue weighted by Gasteiger charge is 2.06. The van der Waals surface area contributed by atoms with Gasteiger partial charge in [-0.1, -0.05) is 35.5 Å². The number of halogens is 1. The monoisotopic (exact) mass is 237 g/mol. The van der Waals surface area contributed by atoms with Crippen molar-refractivity contribution in [2.45, 2.75) is 9.92 Å². The first-order valence-electron chi connectivity index (χ1n) is 4.34. The number of benzene rings is 1. The van der Waals surface area contributed by atoms with Crippen LogP contribution in [0.3, 0.4) is 0 Å². The van der Waals surface area contributed by atoms with Gasteiger partial charge in [0.2, 0.25) is 0 Å². The Kier molecular flexibility index (Phi) is 3.14. The van der Waals surface area contributed by atoms with Gasteiger partial charge >= 0.3 is 0 Å². The van der Waals surface area contributed by atoms with Crippen LogP contribution in [0.5, 0.6) is 5.75 Å². The first-order chi connectivity index (χ1) is 7.27. The number of phenols is 1. The largest absolute Gasteiger partial charge is 0.507 e. The van der Waals surface area contributed by atoms with E-state index in [1.165, 1.54) is 11.8 Å². The van der Waals surface area contributed by atoms with Gasteiger partial charge in [-0.3, -0.25) is 0 Å². The molecule has 2 aromatic rings. The minimum atomic E-state index is 0.240. The summed E-state index contributed by atoms with van der Waals surface area (Å²) in [4.78, 5) is 4.88. The third kappa shape index (κ3) is 2.43. The highest BCUT2D eigenvalue weighted by molar-refractivity contribution is 7.99. The van der Waals surface area contributed by atoms with E-state index in [4.69, 9.17) is 11.6 Å². The number of hydrogen-bond donors (Lipinski definition) is 1. The van der Waals surface area contributed by atoms with Crippen LogP contribution < -0.4 is 0 Å². The molecule has 0 fully saturated rings. The number of aromatic hydroxyl groups is 1. The van der Waals surface area contributed by atoms with Gasteiger partial charge in [-0.05, 0) is 24.3 Å². The van der Waals surface area contributed by atoms with Gasteiger partial charge in [0.1, 0.15) is 10.8 Å². The van der Waals surface area contributed by atoms with Crippen molar-refractivity contribution in [3.63, 3.8) is 0 Å². The Morgan fingerprint density at radius 2 is 1.93 bits per heavy atom. The van der Waals surface area contributed by atoms with Crippen molar-refractivity contribution < 1.29 is 5.11 Å². The molecule has 2 nitrogen and oxygen atoms in total. The van der Waals surface area contributed by atoms with Gasteiger partial charge in [0.15, 0.2) is 0 Å². The summed E-state index contributed by atoms with van der Waals surface area (Å²) in [6.07, 6.45) is 1.67. The number of rotatable bonds is 2. The van der Waals surface area contributed by atoms with Gasteiger partial charge in [0.05, 0.1) is 9.92 Å². The summed E-state index contributed by atoms with van der Waals surface area (Å²) < 4.78 is 0. The van der Waals surface area contributed by atoms with Crippen LogP contribution in [0.15, 0.2) is 52.5 Å². The molecule has 76 valence electrons. The van der Waals surface area contributed by atoms with E-state index in [2.05, 4.69) is 4.98 Å². The smallest absolute Gasteiger partial charge is 0.129 e. The Balaban J connectivity index is 2.30. The van der Waals surface area contributed by atoms with Gasteiger partial charge in [-0.2, -0.15) is 0 Å². The molecule has 0 atom stereocenters. The molecule has 0 radical (unpaired) electrons. The molecular formula is C11H8ClNOS. The molecule has 15 heavy (non-hydrogen) atoms. The normalized spacial score (nSPS) is 10.2. The fraction of sp³-hybridized carbons (Fsp3) is 0. The molecule has 1 aromatic carbocycles. The van der Waals surface area contributed by atoms with Crippen LogP contribution in [0, 0.1) is 0 Å². The zero-order chi connectivity index (χ0) is 10.7. The predicted molar refractivity (Wildman–Crippen MR) is 61.5 cm³/mol. The molecule has 1 N–H and O–H groups in total. The molecule has 0 unspecified atom stereocenters. The Hall–Kier alpha value is -1.19. The van der Waals surface area contributed by atoms with Crippen LogP contribution >= 0.6 is 23.4 Å². The molecule has 0 aliphatic heterocycles. The molecular weight excluding hydrogens is 230 g/mol. The molecule has 0 spiro atoms. The first kappa shape index (κ1) is 10.3. The number of para-hydroxylation sites is 1. The molecule has 0 saturated heterocycles. The number of nitrogens with zero attached hydrogens (tertiary/aromatic N) is 1. The molecule has 0 saturated carbocycles. The third-order valence-electron chi connectivity index (χ3n) is 1.80. The van der Waals surface area contributed by atoms with Gasteiger partial charge in [-0.25, -0.2) is 4.98 Å². The van der Waals surface area contributed by atoms with Crippen molar-refractivity contribution >= 4 is 23.4 Å². The van der Waals surface area contributed by atoms with Gasteiger partial charge < -0.3 is 5.11 Å². The Labute approximate surface area is 96.9 Å². The molecule has 0 bridgehead atoms. The highest BCUT2D eigenvalue weighted by Crippen LogP contribution is 2.35. The highest BCUT2D eigenvalue weighted by atomic mass is 35.5. The molecule has 0 amide bonds. The summed E-state index contributed by atoms with van der Waals surface area (Å²) in [6, 6.07) is 10.6.